The Balaban J connectivity index is 2.28. The fourth-order valence-electron chi connectivity index (χ4n) is 2.59. The molecule has 2 heteroatoms. The highest BCUT2D eigenvalue weighted by Crippen LogP contribution is 2.44. The molecule has 0 saturated carbocycles. The van der Waals surface area contributed by atoms with E-state index in [9.17, 15) is 5.11 Å². The molecule has 1 fully saturated rings. The van der Waals surface area contributed by atoms with Crippen molar-refractivity contribution in [2.45, 2.75) is 46.1 Å². The molecular formula is C16H24OS. The predicted octanol–water partition coefficient (Wildman–Crippen LogP) is 3.74. The Morgan fingerprint density at radius 3 is 2.67 bits per heavy atom. The van der Waals surface area contributed by atoms with Crippen LogP contribution in [0.15, 0.2) is 18.2 Å². The second-order valence-corrected chi connectivity index (χ2v) is 7.43. The van der Waals surface area contributed by atoms with Gasteiger partial charge in [-0.15, -0.1) is 0 Å². The summed E-state index contributed by atoms with van der Waals surface area (Å²) in [5, 5.41) is 11.0. The normalized spacial score (nSPS) is 27.2. The van der Waals surface area contributed by atoms with Gasteiger partial charge in [0.05, 0.1) is 5.60 Å². The van der Waals surface area contributed by atoms with Crippen LogP contribution in [0.3, 0.4) is 0 Å². The standard InChI is InChI=1S/C16H24OS/c1-12-5-6-13(2)14(9-12)10-16(17)11-18-8-7-15(16,3)4/h5-6,9,17H,7-8,10-11H2,1-4H3. The predicted molar refractivity (Wildman–Crippen MR) is 80.3 cm³/mol. The minimum absolute atomic E-state index is 0.00837. The quantitative estimate of drug-likeness (QED) is 0.878. The average molecular weight is 264 g/mol. The van der Waals surface area contributed by atoms with Crippen molar-refractivity contribution in [1.82, 2.24) is 0 Å². The lowest BCUT2D eigenvalue weighted by Gasteiger charge is -2.46. The van der Waals surface area contributed by atoms with Crippen molar-refractivity contribution < 1.29 is 5.11 Å². The van der Waals surface area contributed by atoms with Gasteiger partial charge in [-0.3, -0.25) is 0 Å². The average Bonchev–Trinajstić information content (AvgIpc) is 2.28. The summed E-state index contributed by atoms with van der Waals surface area (Å²) in [6.45, 7) is 8.67. The Labute approximate surface area is 115 Å². The van der Waals surface area contributed by atoms with Gasteiger partial charge in [0.25, 0.3) is 0 Å². The molecule has 1 aliphatic heterocycles. The number of benzene rings is 1. The molecule has 0 aliphatic carbocycles. The fourth-order valence-corrected chi connectivity index (χ4v) is 4.22. The Hall–Kier alpha value is -0.470. The number of hydrogen-bond acceptors (Lipinski definition) is 2. The topological polar surface area (TPSA) is 20.2 Å². The van der Waals surface area contributed by atoms with E-state index in [2.05, 4.69) is 45.9 Å². The summed E-state index contributed by atoms with van der Waals surface area (Å²) in [6.07, 6.45) is 1.87. The van der Waals surface area contributed by atoms with Gasteiger partial charge in [-0.1, -0.05) is 37.6 Å². The molecule has 0 bridgehead atoms. The van der Waals surface area contributed by atoms with Crippen LogP contribution in [0.1, 0.15) is 37.0 Å². The van der Waals surface area contributed by atoms with E-state index in [1.807, 2.05) is 11.8 Å². The van der Waals surface area contributed by atoms with Crippen LogP contribution >= 0.6 is 11.8 Å². The molecule has 1 heterocycles. The van der Waals surface area contributed by atoms with E-state index in [4.69, 9.17) is 0 Å². The first-order valence-electron chi connectivity index (χ1n) is 6.70. The molecule has 1 nitrogen and oxygen atoms in total. The largest absolute Gasteiger partial charge is 0.388 e. The van der Waals surface area contributed by atoms with Crippen molar-refractivity contribution in [3.63, 3.8) is 0 Å². The van der Waals surface area contributed by atoms with Gasteiger partial charge in [0, 0.05) is 12.2 Å². The molecule has 0 spiro atoms. The molecule has 0 aromatic heterocycles. The molecule has 1 unspecified atom stereocenters. The molecule has 0 radical (unpaired) electrons. The van der Waals surface area contributed by atoms with Crippen LogP contribution in [0.25, 0.3) is 0 Å². The van der Waals surface area contributed by atoms with Crippen LogP contribution in [-0.2, 0) is 6.42 Å². The van der Waals surface area contributed by atoms with Crippen molar-refractivity contribution in [2.75, 3.05) is 11.5 Å². The maximum atomic E-state index is 11.0. The third kappa shape index (κ3) is 2.60. The highest BCUT2D eigenvalue weighted by Gasteiger charge is 2.45. The second kappa shape index (κ2) is 4.90. The van der Waals surface area contributed by atoms with E-state index < -0.39 is 5.60 Å². The van der Waals surface area contributed by atoms with Gasteiger partial charge in [0.1, 0.15) is 0 Å². The lowest BCUT2D eigenvalue weighted by Crippen LogP contribution is -2.51. The van der Waals surface area contributed by atoms with Gasteiger partial charge in [0.2, 0.25) is 0 Å². The molecule has 1 aliphatic rings. The summed E-state index contributed by atoms with van der Waals surface area (Å²) in [4.78, 5) is 0. The molecule has 1 saturated heterocycles. The molecular weight excluding hydrogens is 240 g/mol. The summed E-state index contributed by atoms with van der Waals surface area (Å²) in [5.74, 6) is 2.02. The summed E-state index contributed by atoms with van der Waals surface area (Å²) in [6, 6.07) is 6.53. The van der Waals surface area contributed by atoms with Gasteiger partial charge < -0.3 is 5.11 Å². The van der Waals surface area contributed by atoms with Crippen LogP contribution in [-0.4, -0.2) is 22.2 Å². The minimum Gasteiger partial charge on any atom is -0.388 e. The highest BCUT2D eigenvalue weighted by atomic mass is 32.2. The van der Waals surface area contributed by atoms with E-state index in [0.29, 0.717) is 0 Å². The van der Waals surface area contributed by atoms with Crippen molar-refractivity contribution in [3.05, 3.63) is 34.9 Å². The fraction of sp³-hybridized carbons (Fsp3) is 0.625. The molecule has 18 heavy (non-hydrogen) atoms. The number of aliphatic hydroxyl groups is 1. The van der Waals surface area contributed by atoms with Crippen molar-refractivity contribution in [3.8, 4) is 0 Å². The molecule has 1 aromatic rings. The van der Waals surface area contributed by atoms with Crippen LogP contribution in [0.4, 0.5) is 0 Å². The van der Waals surface area contributed by atoms with Crippen LogP contribution in [0, 0.1) is 19.3 Å². The second-order valence-electron chi connectivity index (χ2n) is 6.32. The summed E-state index contributed by atoms with van der Waals surface area (Å²) >= 11 is 1.88. The van der Waals surface area contributed by atoms with Crippen LogP contribution < -0.4 is 0 Å². The van der Waals surface area contributed by atoms with Crippen molar-refractivity contribution in [2.24, 2.45) is 5.41 Å². The first kappa shape index (κ1) is 14.0. The maximum Gasteiger partial charge on any atom is 0.0828 e. The van der Waals surface area contributed by atoms with E-state index in [1.165, 1.54) is 22.4 Å². The highest BCUT2D eigenvalue weighted by molar-refractivity contribution is 7.99. The van der Waals surface area contributed by atoms with E-state index in [1.54, 1.807) is 0 Å². The molecule has 1 N–H and O–H groups in total. The number of rotatable bonds is 2. The monoisotopic (exact) mass is 264 g/mol. The number of aryl methyl sites for hydroxylation is 2. The Morgan fingerprint density at radius 2 is 2.00 bits per heavy atom. The first-order valence-corrected chi connectivity index (χ1v) is 7.86. The summed E-state index contributed by atoms with van der Waals surface area (Å²) in [5.41, 5.74) is 3.30. The maximum absolute atomic E-state index is 11.0. The lowest BCUT2D eigenvalue weighted by atomic mass is 9.70. The van der Waals surface area contributed by atoms with Gasteiger partial charge >= 0.3 is 0 Å². The molecule has 0 amide bonds. The zero-order chi connectivity index (χ0) is 13.4. The Morgan fingerprint density at radius 1 is 1.28 bits per heavy atom. The SMILES string of the molecule is Cc1ccc(C)c(CC2(O)CSCCC2(C)C)c1. The zero-order valence-corrected chi connectivity index (χ0v) is 12.7. The zero-order valence-electron chi connectivity index (χ0n) is 11.9. The van der Waals surface area contributed by atoms with E-state index in [0.717, 1.165) is 18.6 Å². The van der Waals surface area contributed by atoms with E-state index in [-0.39, 0.29) is 5.41 Å². The van der Waals surface area contributed by atoms with Gasteiger partial charge in [-0.05, 0) is 42.6 Å². The van der Waals surface area contributed by atoms with Crippen LogP contribution in [0.5, 0.6) is 0 Å². The minimum atomic E-state index is -0.575. The van der Waals surface area contributed by atoms with Gasteiger partial charge in [0.15, 0.2) is 0 Å². The molecule has 2 rings (SSSR count). The third-order valence-electron chi connectivity index (χ3n) is 4.46. The van der Waals surface area contributed by atoms with E-state index >= 15 is 0 Å². The third-order valence-corrected chi connectivity index (χ3v) is 5.63. The van der Waals surface area contributed by atoms with Gasteiger partial charge in [-0.25, -0.2) is 0 Å². The molecule has 1 aromatic carbocycles. The Bertz CT molecular complexity index is 439. The van der Waals surface area contributed by atoms with Crippen molar-refractivity contribution in [1.29, 1.82) is 0 Å². The summed E-state index contributed by atoms with van der Waals surface area (Å²) in [7, 11) is 0. The summed E-state index contributed by atoms with van der Waals surface area (Å²) < 4.78 is 0. The number of hydrogen-bond donors (Lipinski definition) is 1. The number of thioether (sulfide) groups is 1. The molecule has 100 valence electrons. The van der Waals surface area contributed by atoms with Gasteiger partial charge in [-0.2, -0.15) is 11.8 Å². The smallest absolute Gasteiger partial charge is 0.0828 e. The lowest BCUT2D eigenvalue weighted by molar-refractivity contribution is -0.0514. The Kier molecular flexibility index (Phi) is 3.80. The first-order chi connectivity index (χ1) is 8.34. The molecule has 1 atom stereocenters. The van der Waals surface area contributed by atoms with Crippen LogP contribution in [0.2, 0.25) is 0 Å². The van der Waals surface area contributed by atoms with Crippen molar-refractivity contribution >= 4 is 11.8 Å².